The Kier molecular flexibility index (Phi) is 9.81. The van der Waals surface area contributed by atoms with Gasteiger partial charge in [0.2, 0.25) is 5.96 Å². The molecule has 1 heterocycles. The predicted molar refractivity (Wildman–Crippen MR) is 115 cm³/mol. The minimum Gasteiger partial charge on any atom is -0.489 e. The Bertz CT molecular complexity index is 881. The minimum atomic E-state index is -4.41. The van der Waals surface area contributed by atoms with E-state index < -0.39 is 10.4 Å². The fourth-order valence-electron chi connectivity index (χ4n) is 2.90. The third-order valence-corrected chi connectivity index (χ3v) is 5.15. The van der Waals surface area contributed by atoms with E-state index in [-0.39, 0.29) is 55.6 Å². The number of hydroxylamine groups is 2. The third-order valence-electron chi connectivity index (χ3n) is 4.37. The standard InChI is InChI=1S/C19H30N4O8S/c1-3-27-18(24)15-7-9-23(10-8-15)31-32(25,26)30-16-6-5-14(2)13-17(16)28-11-4-12-29-22-19(20)21/h5-6,13,15H,3-4,7-12H2,1-2H3,(H4,20,21,22). The van der Waals surface area contributed by atoms with Crippen LogP contribution >= 0.6 is 0 Å². The van der Waals surface area contributed by atoms with Crippen molar-refractivity contribution in [3.05, 3.63) is 23.8 Å². The van der Waals surface area contributed by atoms with Gasteiger partial charge >= 0.3 is 16.4 Å². The van der Waals surface area contributed by atoms with Gasteiger partial charge in [0, 0.05) is 19.5 Å². The van der Waals surface area contributed by atoms with Crippen LogP contribution in [0.25, 0.3) is 0 Å². The first-order chi connectivity index (χ1) is 15.2. The molecule has 0 spiro atoms. The number of nitrogens with zero attached hydrogens (tertiary/aromatic N) is 2. The van der Waals surface area contributed by atoms with E-state index in [4.69, 9.17) is 34.2 Å². The minimum absolute atomic E-state index is 0.0119. The lowest BCUT2D eigenvalue weighted by molar-refractivity contribution is -0.153. The lowest BCUT2D eigenvalue weighted by Crippen LogP contribution is -2.39. The summed E-state index contributed by atoms with van der Waals surface area (Å²) in [5, 5.41) is 4.64. The maximum atomic E-state index is 12.4. The monoisotopic (exact) mass is 474 g/mol. The molecule has 0 saturated carbocycles. The van der Waals surface area contributed by atoms with E-state index in [0.29, 0.717) is 25.9 Å². The number of hydrogen-bond donors (Lipinski definition) is 2. The summed E-state index contributed by atoms with van der Waals surface area (Å²) in [5.74, 6) is -0.513. The van der Waals surface area contributed by atoms with Crippen LogP contribution in [0, 0.1) is 12.8 Å². The van der Waals surface area contributed by atoms with E-state index in [1.807, 2.05) is 6.92 Å². The van der Waals surface area contributed by atoms with Crippen molar-refractivity contribution in [2.45, 2.75) is 33.1 Å². The van der Waals surface area contributed by atoms with Gasteiger partial charge in [-0.05, 0) is 49.5 Å². The van der Waals surface area contributed by atoms with Crippen LogP contribution in [0.3, 0.4) is 0 Å². The van der Waals surface area contributed by atoms with Crippen molar-refractivity contribution in [3.8, 4) is 11.5 Å². The lowest BCUT2D eigenvalue weighted by Gasteiger charge is -2.28. The topological polar surface area (TPSA) is 165 Å². The number of piperidine rings is 1. The highest BCUT2D eigenvalue weighted by Crippen LogP contribution is 2.30. The summed E-state index contributed by atoms with van der Waals surface area (Å²) in [6.07, 6.45) is 1.30. The van der Waals surface area contributed by atoms with E-state index >= 15 is 0 Å². The average molecular weight is 475 g/mol. The summed E-state index contributed by atoms with van der Waals surface area (Å²) in [7, 11) is -4.41. The van der Waals surface area contributed by atoms with Crippen LogP contribution in [0.1, 0.15) is 31.7 Å². The van der Waals surface area contributed by atoms with Crippen molar-refractivity contribution in [3.63, 3.8) is 0 Å². The first-order valence-corrected chi connectivity index (χ1v) is 11.5. The van der Waals surface area contributed by atoms with E-state index in [0.717, 1.165) is 5.56 Å². The molecule has 1 aliphatic heterocycles. The zero-order valence-electron chi connectivity index (χ0n) is 18.2. The summed E-state index contributed by atoms with van der Waals surface area (Å²) < 4.78 is 45.6. The van der Waals surface area contributed by atoms with Crippen molar-refractivity contribution < 1.29 is 36.0 Å². The molecule has 0 atom stereocenters. The number of ether oxygens (including phenoxy) is 2. The zero-order valence-corrected chi connectivity index (χ0v) is 19.0. The molecule has 1 saturated heterocycles. The van der Waals surface area contributed by atoms with Crippen LogP contribution in [0.2, 0.25) is 0 Å². The van der Waals surface area contributed by atoms with Gasteiger partial charge in [-0.2, -0.15) is 13.5 Å². The number of aryl methyl sites for hydroxylation is 1. The molecule has 180 valence electrons. The van der Waals surface area contributed by atoms with Crippen molar-refractivity contribution >= 4 is 22.3 Å². The van der Waals surface area contributed by atoms with Gasteiger partial charge in [0.15, 0.2) is 11.5 Å². The first kappa shape index (κ1) is 25.5. The molecule has 0 unspecified atom stereocenters. The Morgan fingerprint density at radius 1 is 1.19 bits per heavy atom. The molecule has 32 heavy (non-hydrogen) atoms. The van der Waals surface area contributed by atoms with Gasteiger partial charge in [0.1, 0.15) is 6.61 Å². The normalized spacial score (nSPS) is 15.1. The van der Waals surface area contributed by atoms with Crippen LogP contribution in [-0.4, -0.2) is 58.3 Å². The number of carbonyl (C=O) groups is 1. The van der Waals surface area contributed by atoms with Crippen LogP contribution < -0.4 is 20.4 Å². The molecule has 13 heteroatoms. The Balaban J connectivity index is 1.89. The fraction of sp³-hybridized carbons (Fsp3) is 0.579. The molecule has 1 aliphatic rings. The zero-order chi connectivity index (χ0) is 23.6. The van der Waals surface area contributed by atoms with Gasteiger partial charge in [-0.25, -0.2) is 0 Å². The Hall–Kier alpha value is -2.77. The molecular weight excluding hydrogens is 444 g/mol. The maximum absolute atomic E-state index is 12.4. The van der Waals surface area contributed by atoms with Gasteiger partial charge in [0.25, 0.3) is 0 Å². The molecular formula is C19H30N4O8S. The molecule has 1 aromatic rings. The number of nitrogens with two attached hydrogens (primary N) is 2. The van der Waals surface area contributed by atoms with Gasteiger partial charge in [-0.3, -0.25) is 4.79 Å². The first-order valence-electron chi connectivity index (χ1n) is 10.2. The molecule has 0 amide bonds. The summed E-state index contributed by atoms with van der Waals surface area (Å²) in [6, 6.07) is 4.81. The molecule has 4 N–H and O–H groups in total. The smallest absolute Gasteiger partial charge is 0.466 e. The summed E-state index contributed by atoms with van der Waals surface area (Å²) in [4.78, 5) is 16.7. The highest BCUT2D eigenvalue weighted by Gasteiger charge is 2.30. The Morgan fingerprint density at radius 3 is 2.56 bits per heavy atom. The molecule has 2 rings (SSSR count). The second kappa shape index (κ2) is 12.3. The van der Waals surface area contributed by atoms with Crippen molar-refractivity contribution in [1.29, 1.82) is 0 Å². The quantitative estimate of drug-likeness (QED) is 0.145. The number of guanidine groups is 1. The van der Waals surface area contributed by atoms with Crippen LogP contribution in [0.5, 0.6) is 11.5 Å². The van der Waals surface area contributed by atoms with Gasteiger partial charge < -0.3 is 30.0 Å². The molecule has 0 bridgehead atoms. The van der Waals surface area contributed by atoms with Crippen molar-refractivity contribution in [1.82, 2.24) is 5.06 Å². The summed E-state index contributed by atoms with van der Waals surface area (Å²) in [6.45, 7) is 4.80. The number of carbonyl (C=O) groups excluding carboxylic acids is 1. The molecule has 0 aromatic heterocycles. The van der Waals surface area contributed by atoms with E-state index in [1.54, 1.807) is 19.1 Å². The number of oxime groups is 1. The van der Waals surface area contributed by atoms with Crippen LogP contribution in [-0.2, 0) is 29.1 Å². The maximum Gasteiger partial charge on any atom is 0.466 e. The second-order valence-corrected chi connectivity index (χ2v) is 8.16. The Morgan fingerprint density at radius 2 is 1.91 bits per heavy atom. The molecule has 1 fully saturated rings. The highest BCUT2D eigenvalue weighted by atomic mass is 32.3. The van der Waals surface area contributed by atoms with Crippen LogP contribution in [0.4, 0.5) is 0 Å². The fourth-order valence-corrected chi connectivity index (χ4v) is 3.70. The van der Waals surface area contributed by atoms with Gasteiger partial charge in [-0.15, -0.1) is 4.28 Å². The highest BCUT2D eigenvalue weighted by molar-refractivity contribution is 7.82. The lowest BCUT2D eigenvalue weighted by atomic mass is 9.98. The largest absolute Gasteiger partial charge is 0.489 e. The third kappa shape index (κ3) is 8.77. The van der Waals surface area contributed by atoms with E-state index in [1.165, 1.54) is 11.1 Å². The molecule has 12 nitrogen and oxygen atoms in total. The summed E-state index contributed by atoms with van der Waals surface area (Å²) >= 11 is 0. The Labute approximate surface area is 187 Å². The second-order valence-electron chi connectivity index (χ2n) is 7.02. The van der Waals surface area contributed by atoms with Crippen molar-refractivity contribution in [2.75, 3.05) is 32.9 Å². The molecule has 0 aliphatic carbocycles. The van der Waals surface area contributed by atoms with E-state index in [9.17, 15) is 13.2 Å². The average Bonchev–Trinajstić information content (AvgIpc) is 2.72. The van der Waals surface area contributed by atoms with Crippen molar-refractivity contribution in [2.24, 2.45) is 22.5 Å². The van der Waals surface area contributed by atoms with Gasteiger partial charge in [-0.1, -0.05) is 6.07 Å². The van der Waals surface area contributed by atoms with E-state index in [2.05, 4.69) is 5.16 Å². The number of hydrogen-bond acceptors (Lipinski definition) is 10. The number of esters is 1. The van der Waals surface area contributed by atoms with Crippen LogP contribution in [0.15, 0.2) is 23.4 Å². The SMILES string of the molecule is CCOC(=O)C1CCN(OS(=O)(=O)Oc2ccc(C)cc2OCCCON=C(N)N)CC1. The molecule has 1 aromatic carbocycles. The molecule has 0 radical (unpaired) electrons. The predicted octanol–water partition coefficient (Wildman–Crippen LogP) is 0.799. The number of benzene rings is 1. The number of rotatable bonds is 12. The summed E-state index contributed by atoms with van der Waals surface area (Å²) in [5.41, 5.74) is 11.2. The van der Waals surface area contributed by atoms with Gasteiger partial charge in [0.05, 0.1) is 19.1 Å².